The highest BCUT2D eigenvalue weighted by molar-refractivity contribution is 6.07. The number of rotatable bonds is 9. The number of ether oxygens (including phenoxy) is 2. The van der Waals surface area contributed by atoms with Gasteiger partial charge in [-0.05, 0) is 67.3 Å². The van der Waals surface area contributed by atoms with E-state index in [1.165, 1.54) is 6.42 Å². The van der Waals surface area contributed by atoms with Crippen LogP contribution in [0.4, 0.5) is 5.69 Å². The zero-order chi connectivity index (χ0) is 25.8. The van der Waals surface area contributed by atoms with E-state index in [0.717, 1.165) is 87.8 Å². The van der Waals surface area contributed by atoms with Crippen LogP contribution in [0, 0.1) is 0 Å². The van der Waals surface area contributed by atoms with Gasteiger partial charge in [-0.25, -0.2) is 0 Å². The van der Waals surface area contributed by atoms with Crippen molar-refractivity contribution >= 4 is 34.5 Å². The summed E-state index contributed by atoms with van der Waals surface area (Å²) in [5.41, 5.74) is 1.38. The molecule has 8 nitrogen and oxygen atoms in total. The quantitative estimate of drug-likeness (QED) is 0.475. The number of nitrogens with zero attached hydrogens (tertiary/aromatic N) is 4. The van der Waals surface area contributed by atoms with Gasteiger partial charge in [-0.2, -0.15) is 0 Å². The Hall–Kier alpha value is -3.13. The summed E-state index contributed by atoms with van der Waals surface area (Å²) in [5.74, 6) is 1.65. The minimum atomic E-state index is 0.0657. The van der Waals surface area contributed by atoms with Crippen LogP contribution in [-0.4, -0.2) is 91.8 Å². The molecule has 37 heavy (non-hydrogen) atoms. The Kier molecular flexibility index (Phi) is 7.93. The fourth-order valence-corrected chi connectivity index (χ4v) is 5.63. The van der Waals surface area contributed by atoms with Crippen molar-refractivity contribution in [3.05, 3.63) is 29.8 Å². The van der Waals surface area contributed by atoms with Crippen LogP contribution in [0.5, 0.6) is 11.5 Å². The molecule has 8 heteroatoms. The van der Waals surface area contributed by atoms with E-state index in [9.17, 15) is 9.59 Å². The minimum Gasteiger partial charge on any atom is -0.493 e. The van der Waals surface area contributed by atoms with Gasteiger partial charge in [0.15, 0.2) is 11.5 Å². The molecule has 198 valence electrons. The van der Waals surface area contributed by atoms with Crippen molar-refractivity contribution < 1.29 is 19.1 Å². The van der Waals surface area contributed by atoms with Crippen LogP contribution in [0.25, 0.3) is 10.8 Å². The fourth-order valence-electron chi connectivity index (χ4n) is 5.63. The second-order valence-electron chi connectivity index (χ2n) is 10.3. The lowest BCUT2D eigenvalue weighted by atomic mass is 10.0. The zero-order valence-corrected chi connectivity index (χ0v) is 22.1. The van der Waals surface area contributed by atoms with Gasteiger partial charge in [0.1, 0.15) is 0 Å². The second-order valence-corrected chi connectivity index (χ2v) is 10.3. The van der Waals surface area contributed by atoms with E-state index in [2.05, 4.69) is 9.89 Å². The number of amides is 2. The van der Waals surface area contributed by atoms with Crippen molar-refractivity contribution in [2.24, 2.45) is 4.99 Å². The molecule has 2 amide bonds. The summed E-state index contributed by atoms with van der Waals surface area (Å²) in [6.45, 7) is 7.81. The largest absolute Gasteiger partial charge is 0.493 e. The summed E-state index contributed by atoms with van der Waals surface area (Å²) in [6.07, 6.45) is 8.35. The van der Waals surface area contributed by atoms with Crippen LogP contribution in [-0.2, 0) is 4.79 Å². The lowest BCUT2D eigenvalue weighted by Crippen LogP contribution is -2.48. The predicted molar refractivity (Wildman–Crippen MR) is 145 cm³/mol. The number of piperazine rings is 1. The van der Waals surface area contributed by atoms with E-state index in [4.69, 9.17) is 9.47 Å². The number of hydrogen-bond donors (Lipinski definition) is 0. The average molecular weight is 507 g/mol. The molecule has 0 aliphatic carbocycles. The van der Waals surface area contributed by atoms with Gasteiger partial charge < -0.3 is 19.3 Å². The zero-order valence-electron chi connectivity index (χ0n) is 22.1. The molecular formula is C29H38N4O4. The molecule has 0 radical (unpaired) electrons. The number of benzene rings is 2. The van der Waals surface area contributed by atoms with Gasteiger partial charge >= 0.3 is 0 Å². The van der Waals surface area contributed by atoms with Crippen LogP contribution < -0.4 is 9.47 Å². The summed E-state index contributed by atoms with van der Waals surface area (Å²) in [6, 6.07) is 8.00. The van der Waals surface area contributed by atoms with Gasteiger partial charge in [-0.15, -0.1) is 0 Å². The van der Waals surface area contributed by atoms with Gasteiger partial charge in [0, 0.05) is 45.9 Å². The Morgan fingerprint density at radius 2 is 1.73 bits per heavy atom. The first kappa shape index (κ1) is 25.5. The lowest BCUT2D eigenvalue weighted by molar-refractivity contribution is -0.130. The Morgan fingerprint density at radius 3 is 2.51 bits per heavy atom. The molecule has 5 rings (SSSR count). The normalized spacial score (nSPS) is 19.6. The maximum Gasteiger partial charge on any atom is 0.256 e. The number of hydrogen-bond acceptors (Lipinski definition) is 6. The van der Waals surface area contributed by atoms with E-state index in [1.54, 1.807) is 14.0 Å². The Labute approximate surface area is 219 Å². The first-order valence-corrected chi connectivity index (χ1v) is 13.6. The second kappa shape index (κ2) is 11.5. The minimum absolute atomic E-state index is 0.0657. The van der Waals surface area contributed by atoms with Crippen molar-refractivity contribution in [1.29, 1.82) is 0 Å². The van der Waals surface area contributed by atoms with Crippen LogP contribution >= 0.6 is 0 Å². The number of carbonyl (C=O) groups is 2. The number of aliphatic imine (C=N–C) groups is 1. The maximum absolute atomic E-state index is 13.2. The van der Waals surface area contributed by atoms with Crippen molar-refractivity contribution in [2.45, 2.75) is 51.5 Å². The standard InChI is InChI=1S/C29H38N4O4/c1-21(34)32-13-11-31(12-14-32)9-5-3-4-6-15-37-28-19-22-16-25-26(17-23(22)18-27(28)36-2)30-20-24-8-7-10-33(24)29(25)35/h16-20,24H,3-15H2,1-2H3/t24-/m0/s1. The number of unbranched alkanes of at least 4 members (excludes halogenated alkanes) is 3. The molecule has 0 spiro atoms. The highest BCUT2D eigenvalue weighted by atomic mass is 16.5. The van der Waals surface area contributed by atoms with Crippen LogP contribution in [0.2, 0.25) is 0 Å². The number of methoxy groups -OCH3 is 1. The van der Waals surface area contributed by atoms with E-state index in [-0.39, 0.29) is 17.9 Å². The van der Waals surface area contributed by atoms with E-state index in [0.29, 0.717) is 23.7 Å². The summed E-state index contributed by atoms with van der Waals surface area (Å²) in [5, 5.41) is 1.94. The third-order valence-corrected chi connectivity index (χ3v) is 7.86. The van der Waals surface area contributed by atoms with E-state index < -0.39 is 0 Å². The molecule has 1 atom stereocenters. The van der Waals surface area contributed by atoms with Crippen LogP contribution in [0.15, 0.2) is 29.3 Å². The van der Waals surface area contributed by atoms with Crippen molar-refractivity contribution in [2.75, 3.05) is 53.0 Å². The third-order valence-electron chi connectivity index (χ3n) is 7.86. The first-order valence-electron chi connectivity index (χ1n) is 13.6. The summed E-state index contributed by atoms with van der Waals surface area (Å²) in [7, 11) is 1.66. The maximum atomic E-state index is 13.2. The predicted octanol–water partition coefficient (Wildman–Crippen LogP) is 4.27. The Balaban J connectivity index is 1.13. The van der Waals surface area contributed by atoms with Crippen molar-refractivity contribution in [3.63, 3.8) is 0 Å². The molecule has 2 fully saturated rings. The van der Waals surface area contributed by atoms with Gasteiger partial charge in [-0.1, -0.05) is 12.8 Å². The molecule has 3 aliphatic rings. The average Bonchev–Trinajstić information content (AvgIpc) is 3.34. The first-order chi connectivity index (χ1) is 18.0. The molecule has 2 aromatic rings. The topological polar surface area (TPSA) is 74.7 Å². The Bertz CT molecular complexity index is 1170. The molecule has 2 aromatic carbocycles. The molecule has 0 aromatic heterocycles. The summed E-state index contributed by atoms with van der Waals surface area (Å²) < 4.78 is 11.8. The highest BCUT2D eigenvalue weighted by Gasteiger charge is 2.31. The lowest BCUT2D eigenvalue weighted by Gasteiger charge is -2.34. The summed E-state index contributed by atoms with van der Waals surface area (Å²) >= 11 is 0. The molecule has 3 heterocycles. The van der Waals surface area contributed by atoms with Crippen molar-refractivity contribution in [1.82, 2.24) is 14.7 Å². The molecule has 3 aliphatic heterocycles. The molecule has 0 N–H and O–H groups in total. The Morgan fingerprint density at radius 1 is 0.973 bits per heavy atom. The fraction of sp³-hybridized carbons (Fsp3) is 0.552. The van der Waals surface area contributed by atoms with Gasteiger partial charge in [0.05, 0.1) is 31.0 Å². The van der Waals surface area contributed by atoms with Crippen LogP contribution in [0.3, 0.4) is 0 Å². The van der Waals surface area contributed by atoms with Gasteiger partial charge in [0.25, 0.3) is 5.91 Å². The van der Waals surface area contributed by atoms with E-state index in [1.807, 2.05) is 40.3 Å². The number of carbonyl (C=O) groups excluding carboxylic acids is 2. The number of fused-ring (bicyclic) bond motifs is 3. The molecule has 0 bridgehead atoms. The van der Waals surface area contributed by atoms with Gasteiger partial charge in [-0.3, -0.25) is 19.5 Å². The molecular weight excluding hydrogens is 468 g/mol. The third kappa shape index (κ3) is 5.74. The molecule has 2 saturated heterocycles. The van der Waals surface area contributed by atoms with E-state index >= 15 is 0 Å². The van der Waals surface area contributed by atoms with Crippen molar-refractivity contribution in [3.8, 4) is 11.5 Å². The monoisotopic (exact) mass is 506 g/mol. The SMILES string of the molecule is COc1cc2cc3c(cc2cc1OCCCCCCN1CCN(C(C)=O)CC1)C(=O)N1CCC[C@H]1C=N3. The smallest absolute Gasteiger partial charge is 0.256 e. The molecule has 0 unspecified atom stereocenters. The molecule has 0 saturated carbocycles. The highest BCUT2D eigenvalue weighted by Crippen LogP contribution is 2.37. The summed E-state index contributed by atoms with van der Waals surface area (Å²) in [4.78, 5) is 35.6. The van der Waals surface area contributed by atoms with Crippen LogP contribution in [0.1, 0.15) is 55.8 Å². The van der Waals surface area contributed by atoms with Gasteiger partial charge in [0.2, 0.25) is 5.91 Å².